The Morgan fingerprint density at radius 3 is 3.00 bits per heavy atom. The fourth-order valence-electron chi connectivity index (χ4n) is 1.50. The van der Waals surface area contributed by atoms with Gasteiger partial charge in [-0.25, -0.2) is 0 Å². The van der Waals surface area contributed by atoms with E-state index in [-0.39, 0.29) is 6.42 Å². The van der Waals surface area contributed by atoms with Gasteiger partial charge in [-0.15, -0.1) is 0 Å². The molecule has 16 heavy (non-hydrogen) atoms. The number of aldehydes is 1. The second kappa shape index (κ2) is 5.43. The number of aromatic nitrogens is 2. The zero-order valence-electron chi connectivity index (χ0n) is 9.31. The molecule has 1 unspecified atom stereocenters. The monoisotopic (exact) mass is 246 g/mol. The van der Waals surface area contributed by atoms with Crippen LogP contribution in [0.3, 0.4) is 0 Å². The Morgan fingerprint density at radius 1 is 1.75 bits per heavy atom. The van der Waals surface area contributed by atoms with E-state index in [0.29, 0.717) is 30.2 Å². The highest BCUT2D eigenvalue weighted by molar-refractivity contribution is 6.31. The predicted octanol–water partition coefficient (Wildman–Crippen LogP) is 0.979. The van der Waals surface area contributed by atoms with Gasteiger partial charge in [-0.05, 0) is 6.92 Å². The molecule has 6 heteroatoms. The van der Waals surface area contributed by atoms with Crippen molar-refractivity contribution < 1.29 is 14.6 Å². The first-order valence-corrected chi connectivity index (χ1v) is 5.27. The molecule has 0 aromatic carbocycles. The molecule has 0 aliphatic heterocycles. The maximum absolute atomic E-state index is 10.5. The lowest BCUT2D eigenvalue weighted by atomic mass is 9.99. The van der Waals surface area contributed by atoms with E-state index in [2.05, 4.69) is 5.10 Å². The number of aliphatic hydroxyl groups is 1. The highest BCUT2D eigenvalue weighted by atomic mass is 35.5. The molecule has 0 fully saturated rings. The van der Waals surface area contributed by atoms with E-state index < -0.39 is 5.60 Å². The molecule has 0 amide bonds. The van der Waals surface area contributed by atoms with Crippen LogP contribution in [0, 0.1) is 0 Å². The number of methoxy groups -OCH3 is 1. The van der Waals surface area contributed by atoms with Crippen LogP contribution in [-0.2, 0) is 21.7 Å². The molecule has 0 aliphatic carbocycles. The molecule has 1 atom stereocenters. The molecule has 0 aliphatic rings. The molecule has 90 valence electrons. The molecular weight excluding hydrogens is 232 g/mol. The zero-order valence-corrected chi connectivity index (χ0v) is 10.1. The van der Waals surface area contributed by atoms with E-state index >= 15 is 0 Å². The van der Waals surface area contributed by atoms with Crippen molar-refractivity contribution in [2.75, 3.05) is 13.7 Å². The third-order valence-corrected chi connectivity index (χ3v) is 2.57. The average Bonchev–Trinajstić information content (AvgIpc) is 2.57. The van der Waals surface area contributed by atoms with Crippen LogP contribution in [0.4, 0.5) is 0 Å². The van der Waals surface area contributed by atoms with Crippen molar-refractivity contribution in [3.63, 3.8) is 0 Å². The van der Waals surface area contributed by atoms with Gasteiger partial charge in [0.25, 0.3) is 0 Å². The highest BCUT2D eigenvalue weighted by Crippen LogP contribution is 2.29. The Balaban J connectivity index is 3.00. The van der Waals surface area contributed by atoms with Crippen LogP contribution < -0.4 is 0 Å². The minimum atomic E-state index is -1.30. The Morgan fingerprint density at radius 2 is 2.44 bits per heavy atom. The van der Waals surface area contributed by atoms with Crippen molar-refractivity contribution in [3.05, 3.63) is 16.9 Å². The number of nitrogens with zero attached hydrogens (tertiary/aromatic N) is 2. The maximum atomic E-state index is 10.5. The summed E-state index contributed by atoms with van der Waals surface area (Å²) in [6.07, 6.45) is 2.08. The van der Waals surface area contributed by atoms with Crippen molar-refractivity contribution in [2.24, 2.45) is 0 Å². The van der Waals surface area contributed by atoms with Crippen LogP contribution in [0.5, 0.6) is 0 Å². The van der Waals surface area contributed by atoms with E-state index in [1.165, 1.54) is 13.1 Å². The van der Waals surface area contributed by atoms with Gasteiger partial charge in [-0.3, -0.25) is 4.68 Å². The lowest BCUT2D eigenvalue weighted by Crippen LogP contribution is -2.27. The summed E-state index contributed by atoms with van der Waals surface area (Å²) in [5.74, 6) is 0. The van der Waals surface area contributed by atoms with Crippen LogP contribution in [0.1, 0.15) is 19.0 Å². The number of carbonyl (C=O) groups excluding carboxylic acids is 1. The fourth-order valence-corrected chi connectivity index (χ4v) is 1.85. The molecule has 0 saturated carbocycles. The summed E-state index contributed by atoms with van der Waals surface area (Å²) in [5, 5.41) is 14.5. The first kappa shape index (κ1) is 13.2. The maximum Gasteiger partial charge on any atom is 0.123 e. The Hall–Kier alpha value is -0.910. The smallest absolute Gasteiger partial charge is 0.123 e. The van der Waals surface area contributed by atoms with Gasteiger partial charge in [-0.1, -0.05) is 11.6 Å². The SMILES string of the molecule is COCCn1ncc(Cl)c1C(C)(O)CC=O. The topological polar surface area (TPSA) is 64.3 Å². The largest absolute Gasteiger partial charge is 0.383 e. The summed E-state index contributed by atoms with van der Waals surface area (Å²) >= 11 is 5.94. The first-order valence-electron chi connectivity index (χ1n) is 4.89. The van der Waals surface area contributed by atoms with Crippen LogP contribution >= 0.6 is 11.6 Å². The second-order valence-electron chi connectivity index (χ2n) is 3.70. The predicted molar refractivity (Wildman–Crippen MR) is 59.4 cm³/mol. The van der Waals surface area contributed by atoms with Crippen LogP contribution in [0.25, 0.3) is 0 Å². The van der Waals surface area contributed by atoms with Crippen molar-refractivity contribution >= 4 is 17.9 Å². The van der Waals surface area contributed by atoms with Crippen molar-refractivity contribution in [2.45, 2.75) is 25.5 Å². The standard InChI is InChI=1S/C10H15ClN2O3/c1-10(15,3-5-14)9-8(11)7-12-13(9)4-6-16-2/h5,7,15H,3-4,6H2,1-2H3. The van der Waals surface area contributed by atoms with Gasteiger partial charge in [0.05, 0.1) is 30.1 Å². The van der Waals surface area contributed by atoms with Crippen molar-refractivity contribution in [3.8, 4) is 0 Å². The van der Waals surface area contributed by atoms with Gasteiger partial charge < -0.3 is 14.6 Å². The molecule has 0 saturated heterocycles. The first-order chi connectivity index (χ1) is 7.53. The summed E-state index contributed by atoms with van der Waals surface area (Å²) < 4.78 is 6.48. The van der Waals surface area contributed by atoms with E-state index in [1.807, 2.05) is 0 Å². The van der Waals surface area contributed by atoms with E-state index in [9.17, 15) is 9.90 Å². The van der Waals surface area contributed by atoms with Crippen molar-refractivity contribution in [1.82, 2.24) is 9.78 Å². The molecule has 0 radical (unpaired) electrons. The summed E-state index contributed by atoms with van der Waals surface area (Å²) in [7, 11) is 1.58. The quantitative estimate of drug-likeness (QED) is 0.760. The number of hydrogen-bond acceptors (Lipinski definition) is 4. The number of ether oxygens (including phenoxy) is 1. The molecular formula is C10H15ClN2O3. The van der Waals surface area contributed by atoms with Gasteiger partial charge in [0.2, 0.25) is 0 Å². The van der Waals surface area contributed by atoms with Crippen molar-refractivity contribution in [1.29, 1.82) is 0 Å². The molecule has 1 heterocycles. The number of carbonyl (C=O) groups is 1. The Bertz CT molecular complexity index is 363. The molecule has 0 bridgehead atoms. The van der Waals surface area contributed by atoms with Gasteiger partial charge in [0, 0.05) is 13.5 Å². The lowest BCUT2D eigenvalue weighted by Gasteiger charge is -2.22. The molecule has 0 spiro atoms. The van der Waals surface area contributed by atoms with Crippen LogP contribution in [-0.4, -0.2) is 34.9 Å². The average molecular weight is 247 g/mol. The van der Waals surface area contributed by atoms with Gasteiger partial charge in [-0.2, -0.15) is 5.10 Å². The Kier molecular flexibility index (Phi) is 4.46. The number of rotatable bonds is 6. The summed E-state index contributed by atoms with van der Waals surface area (Å²) in [6.45, 7) is 2.48. The molecule has 5 nitrogen and oxygen atoms in total. The van der Waals surface area contributed by atoms with E-state index in [0.717, 1.165) is 0 Å². The number of halogens is 1. The minimum absolute atomic E-state index is 0.0224. The summed E-state index contributed by atoms with van der Waals surface area (Å²) in [6, 6.07) is 0. The summed E-state index contributed by atoms with van der Waals surface area (Å²) in [4.78, 5) is 10.5. The molecule has 1 aromatic heterocycles. The third kappa shape index (κ3) is 2.81. The van der Waals surface area contributed by atoms with Gasteiger partial charge in [0.1, 0.15) is 11.9 Å². The van der Waals surface area contributed by atoms with Crippen LogP contribution in [0.15, 0.2) is 6.20 Å². The number of hydrogen-bond donors (Lipinski definition) is 1. The minimum Gasteiger partial charge on any atom is -0.383 e. The zero-order chi connectivity index (χ0) is 12.2. The third-order valence-electron chi connectivity index (χ3n) is 2.29. The highest BCUT2D eigenvalue weighted by Gasteiger charge is 2.29. The summed E-state index contributed by atoms with van der Waals surface area (Å²) in [5.41, 5.74) is -0.860. The van der Waals surface area contributed by atoms with E-state index in [4.69, 9.17) is 16.3 Å². The van der Waals surface area contributed by atoms with Gasteiger partial charge >= 0.3 is 0 Å². The molecule has 1 aromatic rings. The molecule has 1 rings (SSSR count). The Labute approximate surface area is 99.0 Å². The molecule has 1 N–H and O–H groups in total. The normalized spacial score (nSPS) is 14.8. The van der Waals surface area contributed by atoms with E-state index in [1.54, 1.807) is 11.8 Å². The fraction of sp³-hybridized carbons (Fsp3) is 0.600. The van der Waals surface area contributed by atoms with Crippen LogP contribution in [0.2, 0.25) is 5.02 Å². The second-order valence-corrected chi connectivity index (χ2v) is 4.11. The lowest BCUT2D eigenvalue weighted by molar-refractivity contribution is -0.112. The van der Waals surface area contributed by atoms with Gasteiger partial charge in [0.15, 0.2) is 0 Å².